The molecule has 0 aromatic heterocycles. The molecule has 26 heavy (non-hydrogen) atoms. The number of urea groups is 1. The molecule has 1 aliphatic heterocycles. The summed E-state index contributed by atoms with van der Waals surface area (Å²) >= 11 is 0. The molecule has 1 atom stereocenters. The van der Waals surface area contributed by atoms with Crippen LogP contribution in [0.25, 0.3) is 0 Å². The number of benzene rings is 1. The second kappa shape index (κ2) is 6.69. The fourth-order valence-electron chi connectivity index (χ4n) is 3.10. The average molecular weight is 372 g/mol. The molecule has 142 valence electrons. The molecule has 3 amide bonds. The lowest BCUT2D eigenvalue weighted by Gasteiger charge is -2.39. The molecule has 2 fully saturated rings. The number of aryl methyl sites for hydroxylation is 1. The summed E-state index contributed by atoms with van der Waals surface area (Å²) in [5, 5.41) is 2.63. The van der Waals surface area contributed by atoms with Gasteiger partial charge in [0.15, 0.2) is 0 Å². The number of hydrogen-bond donors (Lipinski definition) is 1. The van der Waals surface area contributed by atoms with Crippen LogP contribution in [0.5, 0.6) is 11.5 Å². The molecule has 0 radical (unpaired) electrons. The molecule has 0 bridgehead atoms. The zero-order valence-corrected chi connectivity index (χ0v) is 14.3. The van der Waals surface area contributed by atoms with Gasteiger partial charge < -0.3 is 14.8 Å². The number of nitrogens with zero attached hydrogens (tertiary/aromatic N) is 1. The Morgan fingerprint density at radius 1 is 1.27 bits per heavy atom. The predicted molar refractivity (Wildman–Crippen MR) is 84.8 cm³/mol. The summed E-state index contributed by atoms with van der Waals surface area (Å²) in [6, 6.07) is 3.10. The van der Waals surface area contributed by atoms with Gasteiger partial charge in [-0.25, -0.2) is 4.79 Å². The van der Waals surface area contributed by atoms with Gasteiger partial charge in [-0.2, -0.15) is 0 Å². The Labute approximate surface area is 148 Å². The molecule has 2 aliphatic rings. The van der Waals surface area contributed by atoms with Crippen LogP contribution in [-0.2, 0) is 4.79 Å². The quantitative estimate of drug-likeness (QED) is 0.807. The molecule has 9 heteroatoms. The Hall–Kier alpha value is -2.45. The highest BCUT2D eigenvalue weighted by molar-refractivity contribution is 6.04. The number of carbonyl (C=O) groups is 2. The normalized spacial score (nSPS) is 25.7. The number of imide groups is 1. The molecule has 1 aliphatic carbocycles. The zero-order chi connectivity index (χ0) is 19.1. The van der Waals surface area contributed by atoms with Gasteiger partial charge >= 0.3 is 12.4 Å². The van der Waals surface area contributed by atoms with Crippen molar-refractivity contribution in [2.75, 3.05) is 0 Å². The summed E-state index contributed by atoms with van der Waals surface area (Å²) in [5.41, 5.74) is 0.339. The molecule has 1 aromatic rings. The molecule has 3 rings (SSSR count). The van der Waals surface area contributed by atoms with E-state index in [2.05, 4.69) is 10.1 Å². The lowest BCUT2D eigenvalue weighted by Crippen LogP contribution is -2.52. The minimum absolute atomic E-state index is 0.239. The van der Waals surface area contributed by atoms with E-state index in [0.29, 0.717) is 24.8 Å². The van der Waals surface area contributed by atoms with Crippen LogP contribution < -0.4 is 14.8 Å². The molecular weight excluding hydrogens is 353 g/mol. The standard InChI is InChI=1S/C17H19F3N2O4/c1-3-13-15(23)22(16(24)21-13)10-6-12(7-10)25-11-5-4-9(2)14(8-11)26-17(18,19)20/h4-5,8,10,12-13H,3,6-7H2,1-2H3,(H,21,24)/t10?,12?,13-/m1/s1. The number of ether oxygens (including phenoxy) is 2. The summed E-state index contributed by atoms with van der Waals surface area (Å²) in [6.07, 6.45) is -3.64. The molecule has 0 unspecified atom stereocenters. The number of hydrogen-bond acceptors (Lipinski definition) is 4. The SMILES string of the molecule is CC[C@H]1NC(=O)N(C2CC(Oc3ccc(C)c(OC(F)(F)F)c3)C2)C1=O. The minimum atomic E-state index is -4.77. The Morgan fingerprint density at radius 3 is 2.54 bits per heavy atom. The summed E-state index contributed by atoms with van der Waals surface area (Å²) in [4.78, 5) is 25.3. The van der Waals surface area contributed by atoms with Crippen LogP contribution in [0.1, 0.15) is 31.7 Å². The third-order valence-corrected chi connectivity index (χ3v) is 4.58. The molecule has 0 spiro atoms. The van der Waals surface area contributed by atoms with Crippen molar-refractivity contribution >= 4 is 11.9 Å². The second-order valence-corrected chi connectivity index (χ2v) is 6.46. The van der Waals surface area contributed by atoms with Crippen molar-refractivity contribution < 1.29 is 32.2 Å². The topological polar surface area (TPSA) is 67.9 Å². The predicted octanol–water partition coefficient (Wildman–Crippen LogP) is 3.13. The zero-order valence-electron chi connectivity index (χ0n) is 14.3. The van der Waals surface area contributed by atoms with E-state index in [-0.39, 0.29) is 29.6 Å². The van der Waals surface area contributed by atoms with Crippen molar-refractivity contribution in [3.8, 4) is 11.5 Å². The van der Waals surface area contributed by atoms with Crippen molar-refractivity contribution in [1.29, 1.82) is 0 Å². The molecular formula is C17H19F3N2O4. The molecule has 1 saturated carbocycles. The first-order chi connectivity index (χ1) is 12.2. The first-order valence-corrected chi connectivity index (χ1v) is 8.34. The van der Waals surface area contributed by atoms with Gasteiger partial charge in [-0.3, -0.25) is 9.69 Å². The maximum atomic E-state index is 12.4. The van der Waals surface area contributed by atoms with Crippen LogP contribution >= 0.6 is 0 Å². The van der Waals surface area contributed by atoms with Crippen LogP contribution in [0.4, 0.5) is 18.0 Å². The van der Waals surface area contributed by atoms with Crippen molar-refractivity contribution in [2.24, 2.45) is 0 Å². The lowest BCUT2D eigenvalue weighted by atomic mass is 9.87. The Morgan fingerprint density at radius 2 is 1.96 bits per heavy atom. The minimum Gasteiger partial charge on any atom is -0.490 e. The molecule has 1 heterocycles. The van der Waals surface area contributed by atoms with E-state index >= 15 is 0 Å². The summed E-state index contributed by atoms with van der Waals surface area (Å²) in [6.45, 7) is 3.32. The first-order valence-electron chi connectivity index (χ1n) is 8.34. The second-order valence-electron chi connectivity index (χ2n) is 6.46. The maximum Gasteiger partial charge on any atom is 0.573 e. The van der Waals surface area contributed by atoms with E-state index in [0.717, 1.165) is 0 Å². The maximum absolute atomic E-state index is 12.4. The van der Waals surface area contributed by atoms with E-state index in [4.69, 9.17) is 4.74 Å². The van der Waals surface area contributed by atoms with Crippen LogP contribution in [0, 0.1) is 6.92 Å². The van der Waals surface area contributed by atoms with Crippen molar-refractivity contribution in [3.05, 3.63) is 23.8 Å². The van der Waals surface area contributed by atoms with Crippen LogP contribution in [0.3, 0.4) is 0 Å². The summed E-state index contributed by atoms with van der Waals surface area (Å²) < 4.78 is 46.9. The number of halogens is 3. The highest BCUT2D eigenvalue weighted by Crippen LogP contribution is 2.35. The third kappa shape index (κ3) is 3.71. The van der Waals surface area contributed by atoms with Gasteiger partial charge in [0.2, 0.25) is 0 Å². The van der Waals surface area contributed by atoms with E-state index in [1.807, 2.05) is 6.92 Å². The van der Waals surface area contributed by atoms with Gasteiger partial charge in [0, 0.05) is 24.9 Å². The van der Waals surface area contributed by atoms with Gasteiger partial charge in [-0.05, 0) is 25.0 Å². The fraction of sp³-hybridized carbons (Fsp3) is 0.529. The van der Waals surface area contributed by atoms with Crippen LogP contribution in [-0.4, -0.2) is 41.4 Å². The van der Waals surface area contributed by atoms with Crippen LogP contribution in [0.15, 0.2) is 18.2 Å². The van der Waals surface area contributed by atoms with Gasteiger partial charge in [-0.1, -0.05) is 13.0 Å². The van der Waals surface area contributed by atoms with Gasteiger partial charge in [0.25, 0.3) is 5.91 Å². The number of nitrogens with one attached hydrogen (secondary N) is 1. The third-order valence-electron chi connectivity index (χ3n) is 4.58. The number of amides is 3. The van der Waals surface area contributed by atoms with Crippen LogP contribution in [0.2, 0.25) is 0 Å². The van der Waals surface area contributed by atoms with Gasteiger partial charge in [-0.15, -0.1) is 13.2 Å². The first kappa shape index (κ1) is 18.3. The van der Waals surface area contributed by atoms with Gasteiger partial charge in [0.1, 0.15) is 23.6 Å². The van der Waals surface area contributed by atoms with Crippen molar-refractivity contribution in [3.63, 3.8) is 0 Å². The summed E-state index contributed by atoms with van der Waals surface area (Å²) in [7, 11) is 0. The number of rotatable bonds is 5. The van der Waals surface area contributed by atoms with E-state index < -0.39 is 18.4 Å². The molecule has 6 nitrogen and oxygen atoms in total. The highest BCUT2D eigenvalue weighted by atomic mass is 19.4. The summed E-state index contributed by atoms with van der Waals surface area (Å²) in [5.74, 6) is -0.301. The van der Waals surface area contributed by atoms with Crippen molar-refractivity contribution in [1.82, 2.24) is 10.2 Å². The smallest absolute Gasteiger partial charge is 0.490 e. The Balaban J connectivity index is 1.59. The van der Waals surface area contributed by atoms with E-state index in [1.54, 1.807) is 6.07 Å². The fourth-order valence-corrected chi connectivity index (χ4v) is 3.10. The number of carbonyl (C=O) groups excluding carboxylic acids is 2. The van der Waals surface area contributed by atoms with Crippen molar-refractivity contribution in [2.45, 2.75) is 57.7 Å². The Kier molecular flexibility index (Phi) is 4.72. The average Bonchev–Trinajstić information content (AvgIpc) is 2.79. The molecule has 1 N–H and O–H groups in total. The monoisotopic (exact) mass is 372 g/mol. The molecule has 1 saturated heterocycles. The molecule has 1 aromatic carbocycles. The van der Waals surface area contributed by atoms with E-state index in [9.17, 15) is 22.8 Å². The Bertz CT molecular complexity index is 716. The largest absolute Gasteiger partial charge is 0.573 e. The lowest BCUT2D eigenvalue weighted by molar-refractivity contribution is -0.274. The highest BCUT2D eigenvalue weighted by Gasteiger charge is 2.46. The van der Waals surface area contributed by atoms with Gasteiger partial charge in [0.05, 0.1) is 0 Å². The number of alkyl halides is 3. The van der Waals surface area contributed by atoms with E-state index in [1.165, 1.54) is 24.0 Å².